The predicted molar refractivity (Wildman–Crippen MR) is 128 cm³/mol. The van der Waals surface area contributed by atoms with Crippen LogP contribution in [0.5, 0.6) is 0 Å². The number of aryl methyl sites for hydroxylation is 1. The summed E-state index contributed by atoms with van der Waals surface area (Å²) >= 11 is 0. The topological polar surface area (TPSA) is 71.4 Å². The van der Waals surface area contributed by atoms with E-state index in [0.29, 0.717) is 12.2 Å². The molecule has 0 unspecified atom stereocenters. The van der Waals surface area contributed by atoms with Gasteiger partial charge >= 0.3 is 6.03 Å². The molecule has 0 atom stereocenters. The standard InChI is InChI=1S/C27H21N3O3/c1-18-11-13-19(14-12-18)16-29-17-20(22-9-5-6-10-24(22)29)15-23-25(31)28-27(33)30(26(23)32)21-7-3-2-4-8-21/h2-15,17H,16H2,1H3,(H,28,31,33). The Morgan fingerprint density at radius 2 is 1.55 bits per heavy atom. The van der Waals surface area contributed by atoms with Crippen molar-refractivity contribution >= 4 is 40.5 Å². The fraction of sp³-hybridized carbons (Fsp3) is 0.0741. The van der Waals surface area contributed by atoms with E-state index in [4.69, 9.17) is 0 Å². The second-order valence-corrected chi connectivity index (χ2v) is 8.01. The number of rotatable bonds is 4. The normalized spacial score (nSPS) is 15.4. The van der Waals surface area contributed by atoms with Crippen molar-refractivity contribution in [3.8, 4) is 0 Å². The highest BCUT2D eigenvalue weighted by Crippen LogP contribution is 2.27. The minimum Gasteiger partial charge on any atom is -0.342 e. The van der Waals surface area contributed by atoms with Gasteiger partial charge < -0.3 is 4.57 Å². The number of para-hydroxylation sites is 2. The summed E-state index contributed by atoms with van der Waals surface area (Å²) in [5.41, 5.74) is 4.38. The van der Waals surface area contributed by atoms with Gasteiger partial charge in [-0.05, 0) is 36.8 Å². The zero-order chi connectivity index (χ0) is 22.9. The number of amides is 4. The number of nitrogens with zero attached hydrogens (tertiary/aromatic N) is 2. The first-order chi connectivity index (χ1) is 16.0. The third kappa shape index (κ3) is 3.83. The lowest BCUT2D eigenvalue weighted by molar-refractivity contribution is -0.122. The van der Waals surface area contributed by atoms with Crippen LogP contribution in [0.4, 0.5) is 10.5 Å². The van der Waals surface area contributed by atoms with Gasteiger partial charge in [0.1, 0.15) is 5.57 Å². The smallest absolute Gasteiger partial charge is 0.335 e. The van der Waals surface area contributed by atoms with Crippen molar-refractivity contribution in [3.63, 3.8) is 0 Å². The molecule has 6 heteroatoms. The number of urea groups is 1. The predicted octanol–water partition coefficient (Wildman–Crippen LogP) is 4.66. The van der Waals surface area contributed by atoms with E-state index in [0.717, 1.165) is 26.9 Å². The zero-order valence-corrected chi connectivity index (χ0v) is 18.0. The molecular weight excluding hydrogens is 414 g/mol. The molecular formula is C27H21N3O3. The van der Waals surface area contributed by atoms with Crippen LogP contribution >= 0.6 is 0 Å². The Kier molecular flexibility index (Phi) is 5.11. The lowest BCUT2D eigenvalue weighted by Gasteiger charge is -2.26. The Hall–Kier alpha value is -4.45. The Labute approximate surface area is 190 Å². The van der Waals surface area contributed by atoms with E-state index in [1.165, 1.54) is 5.56 Å². The number of carbonyl (C=O) groups excluding carboxylic acids is 3. The highest BCUT2D eigenvalue weighted by molar-refractivity contribution is 6.39. The molecule has 4 aromatic rings. The number of benzene rings is 3. The molecule has 3 aromatic carbocycles. The molecule has 1 aromatic heterocycles. The Morgan fingerprint density at radius 3 is 2.30 bits per heavy atom. The van der Waals surface area contributed by atoms with Crippen LogP contribution in [-0.4, -0.2) is 22.4 Å². The minimum atomic E-state index is -0.754. The Morgan fingerprint density at radius 1 is 0.848 bits per heavy atom. The number of nitrogens with one attached hydrogen (secondary N) is 1. The summed E-state index contributed by atoms with van der Waals surface area (Å²) < 4.78 is 2.09. The average molecular weight is 435 g/mol. The molecule has 1 saturated heterocycles. The molecule has 1 fully saturated rings. The molecule has 0 spiro atoms. The molecule has 4 amide bonds. The lowest BCUT2D eigenvalue weighted by Crippen LogP contribution is -2.54. The number of hydrogen-bond donors (Lipinski definition) is 1. The maximum absolute atomic E-state index is 13.2. The Balaban J connectivity index is 1.56. The summed E-state index contributed by atoms with van der Waals surface area (Å²) in [4.78, 5) is 39.2. The summed E-state index contributed by atoms with van der Waals surface area (Å²) in [5, 5.41) is 3.20. The van der Waals surface area contributed by atoms with Crippen molar-refractivity contribution in [2.75, 3.05) is 4.90 Å². The van der Waals surface area contributed by atoms with Gasteiger partial charge in [-0.15, -0.1) is 0 Å². The highest BCUT2D eigenvalue weighted by atomic mass is 16.2. The number of hydrogen-bond acceptors (Lipinski definition) is 3. The zero-order valence-electron chi connectivity index (χ0n) is 18.0. The fourth-order valence-electron chi connectivity index (χ4n) is 4.04. The third-order valence-corrected chi connectivity index (χ3v) is 5.71. The SMILES string of the molecule is Cc1ccc(Cn2cc(C=C3C(=O)NC(=O)N(c4ccccc4)C3=O)c3ccccc32)cc1. The molecule has 0 bridgehead atoms. The van der Waals surface area contributed by atoms with E-state index >= 15 is 0 Å². The summed E-state index contributed by atoms with van der Waals surface area (Å²) in [7, 11) is 0. The van der Waals surface area contributed by atoms with Crippen molar-refractivity contribution < 1.29 is 14.4 Å². The van der Waals surface area contributed by atoms with E-state index < -0.39 is 17.8 Å². The summed E-state index contributed by atoms with van der Waals surface area (Å²) in [6.45, 7) is 2.70. The second-order valence-electron chi connectivity index (χ2n) is 8.01. The van der Waals surface area contributed by atoms with Crippen LogP contribution in [0.2, 0.25) is 0 Å². The van der Waals surface area contributed by atoms with Crippen molar-refractivity contribution in [2.24, 2.45) is 0 Å². The van der Waals surface area contributed by atoms with Crippen LogP contribution in [0.1, 0.15) is 16.7 Å². The van der Waals surface area contributed by atoms with E-state index in [9.17, 15) is 14.4 Å². The van der Waals surface area contributed by atoms with Gasteiger partial charge in [0.15, 0.2) is 0 Å². The molecule has 0 radical (unpaired) electrons. The first kappa shape index (κ1) is 20.5. The fourth-order valence-corrected chi connectivity index (χ4v) is 4.04. The highest BCUT2D eigenvalue weighted by Gasteiger charge is 2.36. The molecule has 6 nitrogen and oxygen atoms in total. The number of imide groups is 2. The number of anilines is 1. The summed E-state index contributed by atoms with van der Waals surface area (Å²) in [6.07, 6.45) is 3.50. The maximum atomic E-state index is 13.2. The van der Waals surface area contributed by atoms with Gasteiger partial charge in [-0.3, -0.25) is 14.9 Å². The largest absolute Gasteiger partial charge is 0.342 e. The molecule has 0 saturated carbocycles. The van der Waals surface area contributed by atoms with Crippen LogP contribution < -0.4 is 10.2 Å². The molecule has 1 N–H and O–H groups in total. The number of barbiturate groups is 1. The maximum Gasteiger partial charge on any atom is 0.335 e. The van der Waals surface area contributed by atoms with E-state index in [-0.39, 0.29) is 5.57 Å². The van der Waals surface area contributed by atoms with Gasteiger partial charge in [0.05, 0.1) is 5.69 Å². The van der Waals surface area contributed by atoms with Crippen molar-refractivity contribution in [1.82, 2.24) is 9.88 Å². The molecule has 5 rings (SSSR count). The second kappa shape index (κ2) is 8.24. The number of fused-ring (bicyclic) bond motifs is 1. The molecule has 162 valence electrons. The lowest BCUT2D eigenvalue weighted by atomic mass is 10.1. The van der Waals surface area contributed by atoms with Crippen molar-refractivity contribution in [1.29, 1.82) is 0 Å². The Bertz CT molecular complexity index is 1420. The van der Waals surface area contributed by atoms with Crippen LogP contribution in [-0.2, 0) is 16.1 Å². The van der Waals surface area contributed by atoms with Gasteiger partial charge in [0.2, 0.25) is 0 Å². The summed E-state index contributed by atoms with van der Waals surface area (Å²) in [5.74, 6) is -1.35. The molecule has 0 aliphatic carbocycles. The summed E-state index contributed by atoms with van der Waals surface area (Å²) in [6, 6.07) is 24.0. The van der Waals surface area contributed by atoms with E-state index in [2.05, 4.69) is 41.1 Å². The van der Waals surface area contributed by atoms with Gasteiger partial charge in [0.25, 0.3) is 11.8 Å². The van der Waals surface area contributed by atoms with Gasteiger partial charge in [-0.2, -0.15) is 0 Å². The van der Waals surface area contributed by atoms with Gasteiger partial charge in [-0.25, -0.2) is 9.69 Å². The first-order valence-electron chi connectivity index (χ1n) is 10.6. The number of aromatic nitrogens is 1. The van der Waals surface area contributed by atoms with Crippen molar-refractivity contribution in [2.45, 2.75) is 13.5 Å². The van der Waals surface area contributed by atoms with Crippen LogP contribution in [0.3, 0.4) is 0 Å². The molecule has 33 heavy (non-hydrogen) atoms. The number of carbonyl (C=O) groups is 3. The first-order valence-corrected chi connectivity index (χ1v) is 10.6. The molecule has 1 aliphatic rings. The average Bonchev–Trinajstić information content (AvgIpc) is 3.16. The van der Waals surface area contributed by atoms with E-state index in [1.54, 1.807) is 36.4 Å². The monoisotopic (exact) mass is 435 g/mol. The van der Waals surface area contributed by atoms with E-state index in [1.807, 2.05) is 30.5 Å². The minimum absolute atomic E-state index is 0.0864. The van der Waals surface area contributed by atoms with Gasteiger partial charge in [0, 0.05) is 29.2 Å². The van der Waals surface area contributed by atoms with Crippen molar-refractivity contribution in [3.05, 3.63) is 107 Å². The van der Waals surface area contributed by atoms with Crippen LogP contribution in [0, 0.1) is 6.92 Å². The quantitative estimate of drug-likeness (QED) is 0.374. The molecule has 1 aliphatic heterocycles. The van der Waals surface area contributed by atoms with Gasteiger partial charge in [-0.1, -0.05) is 66.2 Å². The van der Waals surface area contributed by atoms with Crippen LogP contribution in [0.15, 0.2) is 90.6 Å². The molecule has 2 heterocycles. The third-order valence-electron chi connectivity index (χ3n) is 5.71. The van der Waals surface area contributed by atoms with Crippen LogP contribution in [0.25, 0.3) is 17.0 Å².